The number of nitrogens with one attached hydrogen (secondary N) is 2. The summed E-state index contributed by atoms with van der Waals surface area (Å²) in [6, 6.07) is 0. The molecule has 0 radical (unpaired) electrons. The molecule has 0 heterocycles. The Labute approximate surface area is 147 Å². The number of rotatable bonds is 7. The topological polar surface area (TPSA) is 39.7 Å². The molecule has 6 heteroatoms. The predicted octanol–water partition coefficient (Wildman–Crippen LogP) is 2.50. The van der Waals surface area contributed by atoms with Crippen LogP contribution in [-0.2, 0) is 0 Å². The first-order valence-corrected chi connectivity index (χ1v) is 7.99. The van der Waals surface area contributed by atoms with Gasteiger partial charge in [0.2, 0.25) is 0 Å². The maximum absolute atomic E-state index is 4.28. The molecule has 0 saturated heterocycles. The van der Waals surface area contributed by atoms with Crippen LogP contribution in [0.3, 0.4) is 0 Å². The van der Waals surface area contributed by atoms with Gasteiger partial charge in [0.25, 0.3) is 0 Å². The molecule has 2 N–H and O–H groups in total. The molecule has 0 spiro atoms. The van der Waals surface area contributed by atoms with Gasteiger partial charge in [-0.1, -0.05) is 13.8 Å². The summed E-state index contributed by atoms with van der Waals surface area (Å²) in [6.07, 6.45) is 2.14. The van der Waals surface area contributed by atoms with Crippen LogP contribution in [0, 0.1) is 5.41 Å². The number of hydrogen-bond donors (Lipinski definition) is 2. The van der Waals surface area contributed by atoms with Gasteiger partial charge in [-0.25, -0.2) is 0 Å². The molecule has 0 bridgehead atoms. The molecule has 0 unspecified atom stereocenters. The van der Waals surface area contributed by atoms with E-state index >= 15 is 0 Å². The first-order valence-electron chi connectivity index (χ1n) is 6.76. The van der Waals surface area contributed by atoms with Crippen molar-refractivity contribution in [3.05, 3.63) is 0 Å². The Bertz CT molecular complexity index is 291. The molecule has 4 nitrogen and oxygen atoms in total. The Balaban J connectivity index is 0. The Morgan fingerprint density at radius 3 is 2.00 bits per heavy atom. The minimum atomic E-state index is 0. The Kier molecular flexibility index (Phi) is 11.4. The van der Waals surface area contributed by atoms with Crippen LogP contribution in [-0.4, -0.2) is 62.6 Å². The number of thioether (sulfide) groups is 1. The summed E-state index contributed by atoms with van der Waals surface area (Å²) < 4.78 is 0.219. The summed E-state index contributed by atoms with van der Waals surface area (Å²) in [5.41, 5.74) is 0.218. The van der Waals surface area contributed by atoms with E-state index in [-0.39, 0.29) is 34.1 Å². The van der Waals surface area contributed by atoms with E-state index in [1.54, 1.807) is 0 Å². The van der Waals surface area contributed by atoms with Crippen molar-refractivity contribution in [3.63, 3.8) is 0 Å². The zero-order valence-electron chi connectivity index (χ0n) is 14.3. The van der Waals surface area contributed by atoms with E-state index in [2.05, 4.69) is 68.6 Å². The molecule has 0 aromatic rings. The lowest BCUT2D eigenvalue weighted by molar-refractivity contribution is 0.241. The zero-order valence-corrected chi connectivity index (χ0v) is 17.5. The third kappa shape index (κ3) is 11.0. The summed E-state index contributed by atoms with van der Waals surface area (Å²) in [4.78, 5) is 6.50. The van der Waals surface area contributed by atoms with Crippen LogP contribution in [0.1, 0.15) is 27.7 Å². The monoisotopic (exact) mass is 416 g/mol. The van der Waals surface area contributed by atoms with Crippen molar-refractivity contribution in [2.45, 2.75) is 32.4 Å². The van der Waals surface area contributed by atoms with Crippen molar-refractivity contribution in [1.29, 1.82) is 0 Å². The van der Waals surface area contributed by atoms with Gasteiger partial charge in [0.05, 0.1) is 0 Å². The van der Waals surface area contributed by atoms with Crippen LogP contribution in [0.25, 0.3) is 0 Å². The van der Waals surface area contributed by atoms with Crippen molar-refractivity contribution in [2.75, 3.05) is 47.0 Å². The summed E-state index contributed by atoms with van der Waals surface area (Å²) in [6.45, 7) is 11.8. The molecule has 0 rings (SSSR count). The average Bonchev–Trinajstić information content (AvgIpc) is 2.27. The highest BCUT2D eigenvalue weighted by atomic mass is 127. The highest BCUT2D eigenvalue weighted by Gasteiger charge is 2.20. The number of hydrogen-bond acceptors (Lipinski definition) is 3. The van der Waals surface area contributed by atoms with Gasteiger partial charge in [-0.05, 0) is 39.6 Å². The van der Waals surface area contributed by atoms with E-state index in [4.69, 9.17) is 0 Å². The van der Waals surface area contributed by atoms with Gasteiger partial charge in [0.1, 0.15) is 0 Å². The Hall–Kier alpha value is 0.310. The fourth-order valence-electron chi connectivity index (χ4n) is 1.82. The predicted molar refractivity (Wildman–Crippen MR) is 105 cm³/mol. The first-order chi connectivity index (χ1) is 8.62. The van der Waals surface area contributed by atoms with Gasteiger partial charge < -0.3 is 15.5 Å². The minimum Gasteiger partial charge on any atom is -0.356 e. The van der Waals surface area contributed by atoms with E-state index in [1.165, 1.54) is 0 Å². The highest BCUT2D eigenvalue weighted by molar-refractivity contribution is 14.0. The summed E-state index contributed by atoms with van der Waals surface area (Å²) in [5, 5.41) is 6.81. The van der Waals surface area contributed by atoms with Gasteiger partial charge in [0, 0.05) is 31.4 Å². The fraction of sp³-hybridized carbons (Fsp3) is 0.929. The van der Waals surface area contributed by atoms with Gasteiger partial charge in [-0.2, -0.15) is 11.8 Å². The minimum absolute atomic E-state index is 0. The number of nitrogens with zero attached hydrogens (tertiary/aromatic N) is 2. The van der Waals surface area contributed by atoms with E-state index in [0.29, 0.717) is 0 Å². The smallest absolute Gasteiger partial charge is 0.191 e. The molecule has 0 fully saturated rings. The molecule has 0 atom stereocenters. The molecular formula is C14H33IN4S. The van der Waals surface area contributed by atoms with Crippen molar-refractivity contribution in [3.8, 4) is 0 Å². The highest BCUT2D eigenvalue weighted by Crippen LogP contribution is 2.19. The molecule has 122 valence electrons. The Morgan fingerprint density at radius 1 is 1.10 bits per heavy atom. The lowest BCUT2D eigenvalue weighted by atomic mass is 9.93. The van der Waals surface area contributed by atoms with Gasteiger partial charge in [0.15, 0.2) is 5.96 Å². The van der Waals surface area contributed by atoms with Crippen LogP contribution in [0.15, 0.2) is 4.99 Å². The van der Waals surface area contributed by atoms with Gasteiger partial charge in [-0.3, -0.25) is 4.99 Å². The second-order valence-electron chi connectivity index (χ2n) is 6.65. The van der Waals surface area contributed by atoms with Crippen LogP contribution >= 0.6 is 35.7 Å². The maximum Gasteiger partial charge on any atom is 0.191 e. The number of aliphatic imine (C=N–C) groups is 1. The summed E-state index contributed by atoms with van der Waals surface area (Å²) in [5.74, 6) is 0.883. The fourth-order valence-corrected chi connectivity index (χ4v) is 2.04. The largest absolute Gasteiger partial charge is 0.356 e. The van der Waals surface area contributed by atoms with Crippen molar-refractivity contribution in [1.82, 2.24) is 15.5 Å². The molecule has 0 aromatic carbocycles. The quantitative estimate of drug-likeness (QED) is 0.380. The molecule has 0 aromatic heterocycles. The third-order valence-electron chi connectivity index (χ3n) is 2.94. The van der Waals surface area contributed by atoms with Crippen LogP contribution < -0.4 is 10.6 Å². The molecule has 20 heavy (non-hydrogen) atoms. The van der Waals surface area contributed by atoms with Gasteiger partial charge >= 0.3 is 0 Å². The van der Waals surface area contributed by atoms with Crippen molar-refractivity contribution in [2.24, 2.45) is 10.4 Å². The van der Waals surface area contributed by atoms with E-state index in [1.807, 2.05) is 18.8 Å². The van der Waals surface area contributed by atoms with Gasteiger partial charge in [-0.15, -0.1) is 24.0 Å². The van der Waals surface area contributed by atoms with E-state index in [0.717, 1.165) is 25.6 Å². The summed E-state index contributed by atoms with van der Waals surface area (Å²) in [7, 11) is 6.03. The van der Waals surface area contributed by atoms with E-state index < -0.39 is 0 Å². The molecule has 0 amide bonds. The van der Waals surface area contributed by atoms with Crippen molar-refractivity contribution >= 4 is 41.7 Å². The normalized spacial score (nSPS) is 13.2. The standard InChI is InChI=1S/C14H32N4S.HI/c1-13(2,11-18(6)7)9-16-12(15-5)17-10-14(3,4)19-8;/h9-11H2,1-8H3,(H2,15,16,17);1H. The lowest BCUT2D eigenvalue weighted by Crippen LogP contribution is -2.47. The van der Waals surface area contributed by atoms with Crippen LogP contribution in [0.2, 0.25) is 0 Å². The molecule has 0 saturated carbocycles. The number of guanidine groups is 1. The van der Waals surface area contributed by atoms with E-state index in [9.17, 15) is 0 Å². The molecule has 0 aliphatic heterocycles. The molecule has 0 aliphatic rings. The lowest BCUT2D eigenvalue weighted by Gasteiger charge is -2.30. The maximum atomic E-state index is 4.28. The molecule has 0 aliphatic carbocycles. The Morgan fingerprint density at radius 2 is 1.60 bits per heavy atom. The van der Waals surface area contributed by atoms with Crippen molar-refractivity contribution < 1.29 is 0 Å². The first kappa shape index (κ1) is 22.6. The number of halogens is 1. The van der Waals surface area contributed by atoms with Crippen LogP contribution in [0.4, 0.5) is 0 Å². The second kappa shape index (κ2) is 10.1. The second-order valence-corrected chi connectivity index (χ2v) is 8.16. The SMILES string of the molecule is CN=C(NCC(C)(C)CN(C)C)NCC(C)(C)SC.I. The average molecular weight is 416 g/mol. The summed E-state index contributed by atoms with van der Waals surface area (Å²) >= 11 is 1.86. The van der Waals surface area contributed by atoms with Crippen LogP contribution in [0.5, 0.6) is 0 Å². The molecular weight excluding hydrogens is 383 g/mol. The third-order valence-corrected chi connectivity index (χ3v) is 4.19. The zero-order chi connectivity index (χ0) is 15.1.